The molecule has 0 heterocycles. The number of aryl methyl sites for hydroxylation is 1. The third kappa shape index (κ3) is 4.77. The number of benzene rings is 2. The zero-order valence-electron chi connectivity index (χ0n) is 13.4. The molecule has 0 radical (unpaired) electrons. The van der Waals surface area contributed by atoms with Gasteiger partial charge in [0.1, 0.15) is 5.69 Å². The molecule has 0 aliphatic rings. The third-order valence-corrected chi connectivity index (χ3v) is 4.83. The molecular formula is C16H19N3O4S. The molecule has 0 fully saturated rings. The molecular weight excluding hydrogens is 330 g/mol. The van der Waals surface area contributed by atoms with Gasteiger partial charge in [0.2, 0.25) is 10.0 Å². The van der Waals surface area contributed by atoms with Crippen LogP contribution >= 0.6 is 0 Å². The minimum atomic E-state index is -3.34. The molecule has 0 saturated carbocycles. The fraction of sp³-hybridized carbons (Fsp3) is 0.250. The fourth-order valence-corrected chi connectivity index (χ4v) is 3.03. The molecule has 24 heavy (non-hydrogen) atoms. The van der Waals surface area contributed by atoms with Gasteiger partial charge in [0, 0.05) is 12.6 Å². The lowest BCUT2D eigenvalue weighted by Gasteiger charge is -2.10. The van der Waals surface area contributed by atoms with E-state index >= 15 is 0 Å². The Morgan fingerprint density at radius 3 is 2.50 bits per heavy atom. The Morgan fingerprint density at radius 1 is 1.12 bits per heavy atom. The number of nitro benzene ring substituents is 1. The average Bonchev–Trinajstić information content (AvgIpc) is 2.52. The first-order valence-electron chi connectivity index (χ1n) is 7.28. The molecule has 7 nitrogen and oxygen atoms in total. The van der Waals surface area contributed by atoms with Gasteiger partial charge in [-0.1, -0.05) is 30.3 Å². The standard InChI is InChI=1S/C16H19N3O4S/c1-12-6-7-16(19(20)21)15(8-12)18-10-13-4-3-5-14(9-13)11-24(22,23)17-2/h3-9,17-18H,10-11H2,1-2H3. The minimum Gasteiger partial charge on any atom is -0.375 e. The third-order valence-electron chi connectivity index (χ3n) is 3.49. The number of sulfonamides is 1. The highest BCUT2D eigenvalue weighted by molar-refractivity contribution is 7.88. The van der Waals surface area contributed by atoms with Crippen LogP contribution in [0.15, 0.2) is 42.5 Å². The molecule has 0 unspecified atom stereocenters. The van der Waals surface area contributed by atoms with E-state index in [9.17, 15) is 18.5 Å². The van der Waals surface area contributed by atoms with E-state index in [1.54, 1.807) is 30.3 Å². The van der Waals surface area contributed by atoms with Crippen molar-refractivity contribution in [3.63, 3.8) is 0 Å². The quantitative estimate of drug-likeness (QED) is 0.591. The normalized spacial score (nSPS) is 11.2. The van der Waals surface area contributed by atoms with E-state index in [2.05, 4.69) is 10.0 Å². The van der Waals surface area contributed by atoms with Crippen LogP contribution in [0.5, 0.6) is 0 Å². The van der Waals surface area contributed by atoms with Crippen LogP contribution in [0.2, 0.25) is 0 Å². The lowest BCUT2D eigenvalue weighted by atomic mass is 10.1. The van der Waals surface area contributed by atoms with Crippen molar-refractivity contribution in [3.8, 4) is 0 Å². The highest BCUT2D eigenvalue weighted by atomic mass is 32.2. The molecule has 2 rings (SSSR count). The molecule has 0 spiro atoms. The number of nitrogens with one attached hydrogen (secondary N) is 2. The lowest BCUT2D eigenvalue weighted by molar-refractivity contribution is -0.384. The Labute approximate surface area is 140 Å². The lowest BCUT2D eigenvalue weighted by Crippen LogP contribution is -2.20. The predicted octanol–water partition coefficient (Wildman–Crippen LogP) is 2.56. The van der Waals surface area contributed by atoms with E-state index in [1.165, 1.54) is 13.1 Å². The van der Waals surface area contributed by atoms with Gasteiger partial charge in [0.05, 0.1) is 10.7 Å². The zero-order chi connectivity index (χ0) is 17.7. The van der Waals surface area contributed by atoms with Crippen molar-refractivity contribution in [1.82, 2.24) is 4.72 Å². The Kier molecular flexibility index (Phi) is 5.53. The molecule has 0 saturated heterocycles. The van der Waals surface area contributed by atoms with E-state index in [1.807, 2.05) is 13.0 Å². The first-order chi connectivity index (χ1) is 11.3. The molecule has 0 bridgehead atoms. The smallest absolute Gasteiger partial charge is 0.292 e. The van der Waals surface area contributed by atoms with Gasteiger partial charge in [-0.05, 0) is 36.7 Å². The molecule has 128 valence electrons. The van der Waals surface area contributed by atoms with Crippen molar-refractivity contribution >= 4 is 21.4 Å². The van der Waals surface area contributed by atoms with Crippen LogP contribution in [0, 0.1) is 17.0 Å². The second-order valence-electron chi connectivity index (χ2n) is 5.41. The summed E-state index contributed by atoms with van der Waals surface area (Å²) >= 11 is 0. The van der Waals surface area contributed by atoms with Crippen LogP contribution in [0.1, 0.15) is 16.7 Å². The molecule has 2 aromatic carbocycles. The van der Waals surface area contributed by atoms with E-state index in [4.69, 9.17) is 0 Å². The van der Waals surface area contributed by atoms with Gasteiger partial charge >= 0.3 is 0 Å². The Bertz CT molecular complexity index is 850. The summed E-state index contributed by atoms with van der Waals surface area (Å²) in [6.45, 7) is 2.22. The molecule has 2 aromatic rings. The van der Waals surface area contributed by atoms with E-state index < -0.39 is 14.9 Å². The molecule has 0 aliphatic heterocycles. The summed E-state index contributed by atoms with van der Waals surface area (Å²) in [5, 5.41) is 14.1. The summed E-state index contributed by atoms with van der Waals surface area (Å²) in [6, 6.07) is 12.0. The van der Waals surface area contributed by atoms with E-state index in [0.29, 0.717) is 17.8 Å². The van der Waals surface area contributed by atoms with Gasteiger partial charge in [-0.25, -0.2) is 13.1 Å². The number of hydrogen-bond donors (Lipinski definition) is 2. The maximum Gasteiger partial charge on any atom is 0.292 e. The number of rotatable bonds is 7. The van der Waals surface area contributed by atoms with E-state index in [-0.39, 0.29) is 11.4 Å². The number of anilines is 1. The Morgan fingerprint density at radius 2 is 1.83 bits per heavy atom. The Balaban J connectivity index is 2.16. The number of nitro groups is 1. The summed E-state index contributed by atoms with van der Waals surface area (Å²) in [5.74, 6) is -0.109. The largest absolute Gasteiger partial charge is 0.375 e. The van der Waals surface area contributed by atoms with Crippen LogP contribution in [-0.4, -0.2) is 20.4 Å². The van der Waals surface area contributed by atoms with Gasteiger partial charge in [0.15, 0.2) is 0 Å². The highest BCUT2D eigenvalue weighted by Gasteiger charge is 2.13. The second-order valence-corrected chi connectivity index (χ2v) is 7.34. The van der Waals surface area contributed by atoms with Gasteiger partial charge in [-0.15, -0.1) is 0 Å². The first-order valence-corrected chi connectivity index (χ1v) is 8.94. The van der Waals surface area contributed by atoms with Crippen LogP contribution in [-0.2, 0) is 22.3 Å². The molecule has 2 N–H and O–H groups in total. The highest BCUT2D eigenvalue weighted by Crippen LogP contribution is 2.25. The molecule has 0 amide bonds. The first kappa shape index (κ1) is 17.9. The second kappa shape index (κ2) is 7.41. The van der Waals surface area contributed by atoms with Crippen molar-refractivity contribution < 1.29 is 13.3 Å². The van der Waals surface area contributed by atoms with Crippen LogP contribution in [0.4, 0.5) is 11.4 Å². The SMILES string of the molecule is CNS(=O)(=O)Cc1cccc(CNc2cc(C)ccc2[N+](=O)[O-])c1. The van der Waals surface area contributed by atoms with E-state index in [0.717, 1.165) is 11.1 Å². The van der Waals surface area contributed by atoms with Crippen molar-refractivity contribution in [2.45, 2.75) is 19.2 Å². The maximum atomic E-state index is 11.6. The molecule has 0 aromatic heterocycles. The van der Waals surface area contributed by atoms with Crippen molar-refractivity contribution in [2.75, 3.05) is 12.4 Å². The Hall–Kier alpha value is -2.45. The summed E-state index contributed by atoms with van der Waals surface area (Å²) in [5.41, 5.74) is 2.86. The number of nitrogens with zero attached hydrogens (tertiary/aromatic N) is 1. The summed E-state index contributed by atoms with van der Waals surface area (Å²) in [6.07, 6.45) is 0. The minimum absolute atomic E-state index is 0.00881. The summed E-state index contributed by atoms with van der Waals surface area (Å²) < 4.78 is 25.5. The van der Waals surface area contributed by atoms with Gasteiger partial charge in [-0.3, -0.25) is 10.1 Å². The average molecular weight is 349 g/mol. The molecule has 0 aliphatic carbocycles. The molecule has 0 atom stereocenters. The van der Waals surface area contributed by atoms with Crippen molar-refractivity contribution in [3.05, 3.63) is 69.3 Å². The number of hydrogen-bond acceptors (Lipinski definition) is 5. The zero-order valence-corrected chi connectivity index (χ0v) is 14.3. The predicted molar refractivity (Wildman–Crippen MR) is 93.3 cm³/mol. The monoisotopic (exact) mass is 349 g/mol. The van der Waals surface area contributed by atoms with Gasteiger partial charge in [0.25, 0.3) is 5.69 Å². The van der Waals surface area contributed by atoms with Crippen molar-refractivity contribution in [1.29, 1.82) is 0 Å². The topological polar surface area (TPSA) is 101 Å². The maximum absolute atomic E-state index is 11.6. The van der Waals surface area contributed by atoms with Crippen LogP contribution in [0.3, 0.4) is 0 Å². The van der Waals surface area contributed by atoms with Crippen molar-refractivity contribution in [2.24, 2.45) is 0 Å². The van der Waals surface area contributed by atoms with Crippen LogP contribution < -0.4 is 10.0 Å². The molecule has 8 heteroatoms. The van der Waals surface area contributed by atoms with Gasteiger partial charge < -0.3 is 5.32 Å². The van der Waals surface area contributed by atoms with Gasteiger partial charge in [-0.2, -0.15) is 0 Å². The summed E-state index contributed by atoms with van der Waals surface area (Å²) in [7, 11) is -1.97. The summed E-state index contributed by atoms with van der Waals surface area (Å²) in [4.78, 5) is 10.6. The fourth-order valence-electron chi connectivity index (χ4n) is 2.27. The van der Waals surface area contributed by atoms with Crippen LogP contribution in [0.25, 0.3) is 0 Å².